The molecule has 0 saturated heterocycles. The van der Waals surface area contributed by atoms with Crippen LogP contribution in [0.25, 0.3) is 0 Å². The van der Waals surface area contributed by atoms with Crippen LogP contribution >= 0.6 is 0 Å². The van der Waals surface area contributed by atoms with Gasteiger partial charge in [0.15, 0.2) is 0 Å². The Bertz CT molecular complexity index is 593. The van der Waals surface area contributed by atoms with Crippen LogP contribution in [0.5, 0.6) is 0 Å². The van der Waals surface area contributed by atoms with Crippen molar-refractivity contribution in [3.05, 3.63) is 53.2 Å². The van der Waals surface area contributed by atoms with E-state index in [1.165, 1.54) is 0 Å². The summed E-state index contributed by atoms with van der Waals surface area (Å²) in [5.41, 5.74) is 8.57. The third kappa shape index (κ3) is 2.66. The van der Waals surface area contributed by atoms with Gasteiger partial charge in [0.2, 0.25) is 0 Å². The summed E-state index contributed by atoms with van der Waals surface area (Å²) in [7, 11) is 0. The van der Waals surface area contributed by atoms with E-state index < -0.39 is 0 Å². The molecule has 0 unspecified atom stereocenters. The number of benzene rings is 1. The summed E-state index contributed by atoms with van der Waals surface area (Å²) >= 11 is 0. The van der Waals surface area contributed by atoms with E-state index in [-0.39, 0.29) is 5.91 Å². The smallest absolute Gasteiger partial charge is 0.257 e. The van der Waals surface area contributed by atoms with Crippen molar-refractivity contribution in [2.75, 3.05) is 11.1 Å². The first kappa shape index (κ1) is 12.1. The number of hydrogen-bond acceptors (Lipinski definition) is 3. The van der Waals surface area contributed by atoms with Gasteiger partial charge in [0, 0.05) is 16.9 Å². The van der Waals surface area contributed by atoms with E-state index in [0.29, 0.717) is 17.1 Å². The van der Waals surface area contributed by atoms with Gasteiger partial charge < -0.3 is 11.1 Å². The maximum atomic E-state index is 12.1. The number of nitrogens with zero attached hydrogens (tertiary/aromatic N) is 1. The van der Waals surface area contributed by atoms with Crippen molar-refractivity contribution < 1.29 is 4.79 Å². The summed E-state index contributed by atoms with van der Waals surface area (Å²) in [6.07, 6.45) is 0. The first-order valence-corrected chi connectivity index (χ1v) is 5.67. The van der Waals surface area contributed by atoms with Crippen LogP contribution in [-0.2, 0) is 0 Å². The van der Waals surface area contributed by atoms with Crippen molar-refractivity contribution in [1.82, 2.24) is 4.98 Å². The molecule has 0 bridgehead atoms. The molecule has 3 N–H and O–H groups in total. The molecule has 0 aliphatic rings. The second-order valence-corrected chi connectivity index (χ2v) is 4.19. The van der Waals surface area contributed by atoms with Gasteiger partial charge in [-0.05, 0) is 43.7 Å². The molecule has 2 aromatic rings. The van der Waals surface area contributed by atoms with E-state index >= 15 is 0 Å². The molecular weight excluding hydrogens is 226 g/mol. The van der Waals surface area contributed by atoms with Crippen molar-refractivity contribution >= 4 is 17.4 Å². The Morgan fingerprint density at radius 2 is 2.00 bits per heavy atom. The molecule has 0 fully saturated rings. The van der Waals surface area contributed by atoms with Crippen LogP contribution in [0.15, 0.2) is 36.4 Å². The summed E-state index contributed by atoms with van der Waals surface area (Å²) < 4.78 is 0. The van der Waals surface area contributed by atoms with Gasteiger partial charge in [-0.3, -0.25) is 4.79 Å². The van der Waals surface area contributed by atoms with E-state index in [1.54, 1.807) is 18.2 Å². The molecule has 2 rings (SSSR count). The van der Waals surface area contributed by atoms with Gasteiger partial charge in [0.05, 0.1) is 0 Å². The molecule has 1 aromatic carbocycles. The molecule has 0 saturated carbocycles. The molecule has 1 amide bonds. The molecule has 1 heterocycles. The highest BCUT2D eigenvalue weighted by Crippen LogP contribution is 2.14. The number of carbonyl (C=O) groups excluding carboxylic acids is 1. The summed E-state index contributed by atoms with van der Waals surface area (Å²) in [6, 6.07) is 10.8. The van der Waals surface area contributed by atoms with Crippen LogP contribution < -0.4 is 11.1 Å². The lowest BCUT2D eigenvalue weighted by molar-refractivity contribution is 0.102. The van der Waals surface area contributed by atoms with Gasteiger partial charge in [0.1, 0.15) is 5.82 Å². The van der Waals surface area contributed by atoms with Crippen molar-refractivity contribution in [2.45, 2.75) is 13.8 Å². The number of nitrogen functional groups attached to an aromatic ring is 1. The number of aryl methyl sites for hydroxylation is 2. The fourth-order valence-electron chi connectivity index (χ4n) is 1.68. The average Bonchev–Trinajstić information content (AvgIpc) is 2.32. The minimum Gasteiger partial charge on any atom is -0.399 e. The Morgan fingerprint density at radius 1 is 1.22 bits per heavy atom. The van der Waals surface area contributed by atoms with Crippen molar-refractivity contribution in [2.24, 2.45) is 0 Å². The lowest BCUT2D eigenvalue weighted by Gasteiger charge is -2.08. The highest BCUT2D eigenvalue weighted by atomic mass is 16.1. The zero-order valence-electron chi connectivity index (χ0n) is 10.4. The van der Waals surface area contributed by atoms with Gasteiger partial charge >= 0.3 is 0 Å². The molecule has 0 aliphatic heterocycles. The normalized spacial score (nSPS) is 10.1. The van der Waals surface area contributed by atoms with Gasteiger partial charge in [-0.15, -0.1) is 0 Å². The molecule has 0 radical (unpaired) electrons. The fraction of sp³-hybridized carbons (Fsp3) is 0.143. The molecule has 0 atom stereocenters. The largest absolute Gasteiger partial charge is 0.399 e. The first-order valence-electron chi connectivity index (χ1n) is 5.67. The monoisotopic (exact) mass is 241 g/mol. The van der Waals surface area contributed by atoms with Crippen molar-refractivity contribution in [3.8, 4) is 0 Å². The molecule has 0 aliphatic carbocycles. The molecule has 18 heavy (non-hydrogen) atoms. The predicted molar refractivity (Wildman–Crippen MR) is 72.5 cm³/mol. The van der Waals surface area contributed by atoms with Crippen molar-refractivity contribution in [1.29, 1.82) is 0 Å². The number of rotatable bonds is 2. The van der Waals surface area contributed by atoms with Crippen LogP contribution in [0, 0.1) is 13.8 Å². The van der Waals surface area contributed by atoms with Crippen LogP contribution in [0.3, 0.4) is 0 Å². The Hall–Kier alpha value is -2.36. The number of carbonyl (C=O) groups is 1. The SMILES string of the molecule is Cc1cccc(NC(=O)c2cc(N)ccc2C)n1. The molecule has 4 nitrogen and oxygen atoms in total. The van der Waals surface area contributed by atoms with Crippen molar-refractivity contribution in [3.63, 3.8) is 0 Å². The van der Waals surface area contributed by atoms with E-state index in [0.717, 1.165) is 11.3 Å². The lowest BCUT2D eigenvalue weighted by Crippen LogP contribution is -2.14. The topological polar surface area (TPSA) is 68.0 Å². The summed E-state index contributed by atoms with van der Waals surface area (Å²) in [5, 5.41) is 2.76. The zero-order valence-corrected chi connectivity index (χ0v) is 10.4. The number of hydrogen-bond donors (Lipinski definition) is 2. The maximum Gasteiger partial charge on any atom is 0.257 e. The number of pyridine rings is 1. The second kappa shape index (κ2) is 4.87. The quantitative estimate of drug-likeness (QED) is 0.794. The molecule has 92 valence electrons. The molecular formula is C14H15N3O. The summed E-state index contributed by atoms with van der Waals surface area (Å²) in [5.74, 6) is 0.347. The average molecular weight is 241 g/mol. The standard InChI is InChI=1S/C14H15N3O/c1-9-6-7-11(15)8-12(9)14(18)17-13-5-3-4-10(2)16-13/h3-8H,15H2,1-2H3,(H,16,17,18). The van der Waals surface area contributed by atoms with Crippen LogP contribution in [0.4, 0.5) is 11.5 Å². The maximum absolute atomic E-state index is 12.1. The molecule has 0 spiro atoms. The Balaban J connectivity index is 2.24. The van der Waals surface area contributed by atoms with Gasteiger partial charge in [0.25, 0.3) is 5.91 Å². The number of amides is 1. The van der Waals surface area contributed by atoms with Crippen LogP contribution in [0.2, 0.25) is 0 Å². The first-order chi connectivity index (χ1) is 8.56. The number of anilines is 2. The number of nitrogens with one attached hydrogen (secondary N) is 1. The van der Waals surface area contributed by atoms with Crippen LogP contribution in [-0.4, -0.2) is 10.9 Å². The minimum absolute atomic E-state index is 0.196. The minimum atomic E-state index is -0.196. The van der Waals surface area contributed by atoms with E-state index in [1.807, 2.05) is 32.0 Å². The molecule has 1 aromatic heterocycles. The highest BCUT2D eigenvalue weighted by molar-refractivity contribution is 6.05. The third-order valence-corrected chi connectivity index (χ3v) is 2.64. The predicted octanol–water partition coefficient (Wildman–Crippen LogP) is 2.53. The Kier molecular flexibility index (Phi) is 3.28. The van der Waals surface area contributed by atoms with Gasteiger partial charge in [-0.25, -0.2) is 4.98 Å². The van der Waals surface area contributed by atoms with E-state index in [2.05, 4.69) is 10.3 Å². The summed E-state index contributed by atoms with van der Waals surface area (Å²) in [4.78, 5) is 16.3. The van der Waals surface area contributed by atoms with E-state index in [9.17, 15) is 4.79 Å². The fourth-order valence-corrected chi connectivity index (χ4v) is 1.68. The Labute approximate surface area is 106 Å². The Morgan fingerprint density at radius 3 is 2.72 bits per heavy atom. The zero-order chi connectivity index (χ0) is 13.1. The summed E-state index contributed by atoms with van der Waals surface area (Å²) in [6.45, 7) is 3.75. The number of nitrogens with two attached hydrogens (primary N) is 1. The van der Waals surface area contributed by atoms with Gasteiger partial charge in [-0.1, -0.05) is 12.1 Å². The molecule has 4 heteroatoms. The van der Waals surface area contributed by atoms with Crippen LogP contribution in [0.1, 0.15) is 21.6 Å². The second-order valence-electron chi connectivity index (χ2n) is 4.19. The van der Waals surface area contributed by atoms with E-state index in [4.69, 9.17) is 5.73 Å². The highest BCUT2D eigenvalue weighted by Gasteiger charge is 2.10. The third-order valence-electron chi connectivity index (χ3n) is 2.64. The number of aromatic nitrogens is 1. The van der Waals surface area contributed by atoms with Gasteiger partial charge in [-0.2, -0.15) is 0 Å². The lowest BCUT2D eigenvalue weighted by atomic mass is 10.1.